The van der Waals surface area contributed by atoms with Crippen molar-refractivity contribution < 1.29 is 23.0 Å². The number of aliphatic hydroxyl groups excluding tert-OH is 1. The number of nitrogens with zero attached hydrogens (tertiary/aromatic N) is 4. The number of alkyl halides is 3. The van der Waals surface area contributed by atoms with Gasteiger partial charge in [0.25, 0.3) is 0 Å². The summed E-state index contributed by atoms with van der Waals surface area (Å²) in [6.07, 6.45) is -2.81. The molecule has 32 heavy (non-hydrogen) atoms. The third-order valence-corrected chi connectivity index (χ3v) is 4.85. The van der Waals surface area contributed by atoms with Crippen LogP contribution in [0.1, 0.15) is 11.1 Å². The summed E-state index contributed by atoms with van der Waals surface area (Å²) in [6.45, 7) is 0.475. The molecule has 2 aromatic heterocycles. The van der Waals surface area contributed by atoms with Gasteiger partial charge in [-0.2, -0.15) is 13.2 Å². The Hall–Kier alpha value is -3.66. The van der Waals surface area contributed by atoms with Gasteiger partial charge in [-0.1, -0.05) is 12.1 Å². The fraction of sp³-hybridized carbons (Fsp3) is 0.227. The third kappa shape index (κ3) is 4.50. The summed E-state index contributed by atoms with van der Waals surface area (Å²) >= 11 is 0. The molecular weight excluding hydrogens is 423 g/mol. The van der Waals surface area contributed by atoms with Crippen molar-refractivity contribution in [2.45, 2.75) is 12.7 Å². The van der Waals surface area contributed by atoms with Crippen molar-refractivity contribution in [2.75, 3.05) is 25.6 Å². The third-order valence-electron chi connectivity index (χ3n) is 4.85. The van der Waals surface area contributed by atoms with Crippen molar-refractivity contribution in [1.82, 2.24) is 19.5 Å². The maximum absolute atomic E-state index is 12.8. The lowest BCUT2D eigenvalue weighted by Crippen LogP contribution is -2.09. The highest BCUT2D eigenvalue weighted by molar-refractivity contribution is 5.85. The molecule has 0 saturated carbocycles. The van der Waals surface area contributed by atoms with Gasteiger partial charge < -0.3 is 19.7 Å². The first-order valence-electron chi connectivity index (χ1n) is 9.77. The van der Waals surface area contributed by atoms with E-state index in [0.29, 0.717) is 34.1 Å². The Bertz CT molecular complexity index is 1210. The molecule has 166 valence electrons. The predicted octanol–water partition coefficient (Wildman–Crippen LogP) is 3.97. The lowest BCUT2D eigenvalue weighted by atomic mass is 10.1. The highest BCUT2D eigenvalue weighted by atomic mass is 19.4. The van der Waals surface area contributed by atoms with Crippen LogP contribution in [0.25, 0.3) is 22.6 Å². The largest absolute Gasteiger partial charge is 0.497 e. The molecule has 0 spiro atoms. The van der Waals surface area contributed by atoms with Crippen molar-refractivity contribution >= 4 is 17.0 Å². The topological polar surface area (TPSA) is 85.1 Å². The number of benzene rings is 2. The molecule has 2 N–H and O–H groups in total. The van der Waals surface area contributed by atoms with Gasteiger partial charge in [-0.25, -0.2) is 15.0 Å². The maximum Gasteiger partial charge on any atom is 0.416 e. The van der Waals surface area contributed by atoms with Crippen molar-refractivity contribution in [3.63, 3.8) is 0 Å². The Labute approximate surface area is 181 Å². The summed E-state index contributed by atoms with van der Waals surface area (Å²) in [5, 5.41) is 12.2. The summed E-state index contributed by atoms with van der Waals surface area (Å²) in [4.78, 5) is 13.6. The van der Waals surface area contributed by atoms with Crippen LogP contribution in [-0.2, 0) is 12.7 Å². The average molecular weight is 443 g/mol. The molecule has 7 nitrogen and oxygen atoms in total. The molecule has 0 bridgehead atoms. The quantitative estimate of drug-likeness (QED) is 0.450. The maximum atomic E-state index is 12.8. The highest BCUT2D eigenvalue weighted by Gasteiger charge is 2.30. The molecule has 0 aliphatic heterocycles. The van der Waals surface area contributed by atoms with Crippen LogP contribution in [0.4, 0.5) is 19.0 Å². The van der Waals surface area contributed by atoms with Crippen molar-refractivity contribution in [3.05, 3.63) is 66.0 Å². The van der Waals surface area contributed by atoms with Crippen LogP contribution in [0.5, 0.6) is 5.75 Å². The first-order chi connectivity index (χ1) is 15.4. The zero-order valence-electron chi connectivity index (χ0n) is 17.1. The van der Waals surface area contributed by atoms with Crippen LogP contribution in [0.3, 0.4) is 0 Å². The van der Waals surface area contributed by atoms with Crippen molar-refractivity contribution in [2.24, 2.45) is 0 Å². The van der Waals surface area contributed by atoms with E-state index in [0.717, 1.165) is 17.7 Å². The summed E-state index contributed by atoms with van der Waals surface area (Å²) in [7, 11) is 1.58. The molecule has 2 aromatic carbocycles. The van der Waals surface area contributed by atoms with Gasteiger partial charge in [0.2, 0.25) is 0 Å². The molecule has 4 aromatic rings. The Morgan fingerprint density at radius 3 is 2.38 bits per heavy atom. The van der Waals surface area contributed by atoms with Gasteiger partial charge in [-0.05, 0) is 42.0 Å². The van der Waals surface area contributed by atoms with E-state index in [2.05, 4.69) is 20.3 Å². The molecule has 0 unspecified atom stereocenters. The van der Waals surface area contributed by atoms with E-state index in [1.54, 1.807) is 30.1 Å². The number of halogens is 3. The van der Waals surface area contributed by atoms with Crippen LogP contribution in [-0.4, -0.2) is 44.9 Å². The van der Waals surface area contributed by atoms with Crippen molar-refractivity contribution in [3.8, 4) is 17.1 Å². The van der Waals surface area contributed by atoms with Crippen LogP contribution >= 0.6 is 0 Å². The molecule has 0 aliphatic rings. The Kier molecular flexibility index (Phi) is 5.95. The smallest absolute Gasteiger partial charge is 0.416 e. The van der Waals surface area contributed by atoms with E-state index in [9.17, 15) is 18.3 Å². The van der Waals surface area contributed by atoms with E-state index in [1.807, 2.05) is 12.1 Å². The van der Waals surface area contributed by atoms with E-state index < -0.39 is 11.7 Å². The molecule has 0 aliphatic carbocycles. The molecule has 0 amide bonds. The van der Waals surface area contributed by atoms with E-state index in [4.69, 9.17) is 4.74 Å². The van der Waals surface area contributed by atoms with Gasteiger partial charge >= 0.3 is 6.18 Å². The number of fused-ring (bicyclic) bond motifs is 1. The minimum absolute atomic E-state index is 0.0877. The van der Waals surface area contributed by atoms with Crippen LogP contribution in [0.15, 0.2) is 54.9 Å². The minimum atomic E-state index is -4.38. The summed E-state index contributed by atoms with van der Waals surface area (Å²) in [5.41, 5.74) is 1.75. The van der Waals surface area contributed by atoms with E-state index in [-0.39, 0.29) is 19.7 Å². The van der Waals surface area contributed by atoms with Crippen LogP contribution in [0, 0.1) is 0 Å². The Morgan fingerprint density at radius 2 is 1.75 bits per heavy atom. The number of hydrogen-bond donors (Lipinski definition) is 2. The lowest BCUT2D eigenvalue weighted by Gasteiger charge is -2.10. The SMILES string of the molecule is COc1ccc(-c2nc(NCCO)c3ncn(Cc4ccc(C(F)(F)F)cc4)c3n2)cc1. The van der Waals surface area contributed by atoms with Gasteiger partial charge in [0.05, 0.1) is 32.2 Å². The van der Waals surface area contributed by atoms with Gasteiger partial charge in [0, 0.05) is 12.1 Å². The second kappa shape index (κ2) is 8.83. The van der Waals surface area contributed by atoms with E-state index in [1.165, 1.54) is 12.1 Å². The first kappa shape index (κ1) is 21.6. The number of imidazole rings is 1. The van der Waals surface area contributed by atoms with E-state index >= 15 is 0 Å². The molecule has 0 fully saturated rings. The van der Waals surface area contributed by atoms with Gasteiger partial charge in [0.15, 0.2) is 17.3 Å². The van der Waals surface area contributed by atoms with Gasteiger partial charge in [-0.3, -0.25) is 0 Å². The Balaban J connectivity index is 1.73. The number of aliphatic hydroxyl groups is 1. The molecule has 0 radical (unpaired) electrons. The van der Waals surface area contributed by atoms with Crippen LogP contribution in [0.2, 0.25) is 0 Å². The predicted molar refractivity (Wildman–Crippen MR) is 113 cm³/mol. The fourth-order valence-electron chi connectivity index (χ4n) is 3.22. The number of anilines is 1. The lowest BCUT2D eigenvalue weighted by molar-refractivity contribution is -0.137. The standard InChI is InChI=1S/C22H20F3N5O2/c1-32-17-8-4-15(5-9-17)19-28-20(26-10-11-31)18-21(29-19)30(13-27-18)12-14-2-6-16(7-3-14)22(23,24)25/h2-9,13,31H,10-12H2,1H3,(H,26,28,29). The number of methoxy groups -OCH3 is 1. The number of hydrogen-bond acceptors (Lipinski definition) is 6. The Morgan fingerprint density at radius 1 is 1.03 bits per heavy atom. The average Bonchev–Trinajstić information content (AvgIpc) is 3.20. The second-order valence-electron chi connectivity index (χ2n) is 7.01. The summed E-state index contributed by atoms with van der Waals surface area (Å²) in [5.74, 6) is 1.59. The molecule has 0 saturated heterocycles. The molecular formula is C22H20F3N5O2. The molecule has 4 rings (SSSR count). The number of aromatic nitrogens is 4. The zero-order valence-corrected chi connectivity index (χ0v) is 17.1. The monoisotopic (exact) mass is 443 g/mol. The first-order valence-corrected chi connectivity index (χ1v) is 9.77. The van der Waals surface area contributed by atoms with Crippen molar-refractivity contribution in [1.29, 1.82) is 0 Å². The van der Waals surface area contributed by atoms with Crippen LogP contribution < -0.4 is 10.1 Å². The highest BCUT2D eigenvalue weighted by Crippen LogP contribution is 2.30. The summed E-state index contributed by atoms with van der Waals surface area (Å²) < 4.78 is 45.5. The minimum Gasteiger partial charge on any atom is -0.497 e. The van der Waals surface area contributed by atoms with Gasteiger partial charge in [-0.15, -0.1) is 0 Å². The summed E-state index contributed by atoms with van der Waals surface area (Å²) in [6, 6.07) is 12.2. The number of ether oxygens (including phenoxy) is 1. The zero-order chi connectivity index (χ0) is 22.7. The van der Waals surface area contributed by atoms with Gasteiger partial charge in [0.1, 0.15) is 11.3 Å². The number of nitrogens with one attached hydrogen (secondary N) is 1. The second-order valence-corrected chi connectivity index (χ2v) is 7.01. The fourth-order valence-corrected chi connectivity index (χ4v) is 3.22. The normalized spacial score (nSPS) is 11.7. The molecule has 2 heterocycles. The molecule has 0 atom stereocenters. The number of rotatable bonds is 7. The molecule has 10 heteroatoms.